The molecule has 100 valence electrons. The van der Waals surface area contributed by atoms with Crippen LogP contribution in [0.15, 0.2) is 0 Å². The normalized spacial score (nSPS) is 22.6. The zero-order valence-corrected chi connectivity index (χ0v) is 12.2. The third-order valence-electron chi connectivity index (χ3n) is 2.87. The quantitative estimate of drug-likeness (QED) is 0.747. The van der Waals surface area contributed by atoms with Crippen molar-refractivity contribution in [2.24, 2.45) is 0 Å². The molecule has 0 radical (unpaired) electrons. The number of ether oxygens (including phenoxy) is 1. The van der Waals surface area contributed by atoms with E-state index in [-0.39, 0.29) is 5.91 Å². The summed E-state index contributed by atoms with van der Waals surface area (Å²) in [6, 6.07) is 0. The van der Waals surface area contributed by atoms with Crippen LogP contribution in [-0.4, -0.2) is 61.6 Å². The van der Waals surface area contributed by atoms with Crippen LogP contribution in [-0.2, 0) is 19.4 Å². The Hall–Kier alpha value is -0.270. The SMILES string of the molecule is COC(C)(C)C(=O)N1CCSCC1S(C)(=O)=O. The maximum absolute atomic E-state index is 12.2. The summed E-state index contributed by atoms with van der Waals surface area (Å²) in [5.74, 6) is 0.929. The van der Waals surface area contributed by atoms with Gasteiger partial charge in [0.25, 0.3) is 5.91 Å². The van der Waals surface area contributed by atoms with Gasteiger partial charge in [0, 0.05) is 31.4 Å². The highest BCUT2D eigenvalue weighted by atomic mass is 32.2. The second kappa shape index (κ2) is 5.16. The van der Waals surface area contributed by atoms with Crippen molar-refractivity contribution < 1.29 is 17.9 Å². The van der Waals surface area contributed by atoms with Gasteiger partial charge in [0.2, 0.25) is 0 Å². The maximum Gasteiger partial charge on any atom is 0.255 e. The lowest BCUT2D eigenvalue weighted by atomic mass is 10.1. The molecule has 1 heterocycles. The zero-order valence-electron chi connectivity index (χ0n) is 10.6. The van der Waals surface area contributed by atoms with Gasteiger partial charge < -0.3 is 9.64 Å². The van der Waals surface area contributed by atoms with Crippen molar-refractivity contribution in [1.29, 1.82) is 0 Å². The molecule has 1 rings (SSSR count). The number of hydrogen-bond donors (Lipinski definition) is 0. The lowest BCUT2D eigenvalue weighted by molar-refractivity contribution is -0.151. The molecule has 0 aliphatic carbocycles. The van der Waals surface area contributed by atoms with Crippen LogP contribution < -0.4 is 0 Å². The third kappa shape index (κ3) is 3.35. The van der Waals surface area contributed by atoms with E-state index in [9.17, 15) is 13.2 Å². The Balaban J connectivity index is 2.97. The Morgan fingerprint density at radius 1 is 1.47 bits per heavy atom. The van der Waals surface area contributed by atoms with Crippen molar-refractivity contribution in [3.63, 3.8) is 0 Å². The topological polar surface area (TPSA) is 63.7 Å². The number of thioether (sulfide) groups is 1. The number of hydrogen-bond acceptors (Lipinski definition) is 5. The van der Waals surface area contributed by atoms with E-state index in [1.54, 1.807) is 25.6 Å². The summed E-state index contributed by atoms with van der Waals surface area (Å²) in [5.41, 5.74) is -0.981. The van der Waals surface area contributed by atoms with E-state index in [1.165, 1.54) is 18.3 Å². The van der Waals surface area contributed by atoms with Crippen LogP contribution >= 0.6 is 11.8 Å². The summed E-state index contributed by atoms with van der Waals surface area (Å²) in [6.45, 7) is 3.75. The van der Waals surface area contributed by atoms with Crippen molar-refractivity contribution in [3.05, 3.63) is 0 Å². The predicted octanol–water partition coefficient (Wildman–Crippen LogP) is 0.358. The molecule has 1 fully saturated rings. The molecule has 0 aromatic carbocycles. The van der Waals surface area contributed by atoms with E-state index < -0.39 is 20.8 Å². The highest BCUT2D eigenvalue weighted by molar-refractivity contribution is 8.00. The van der Waals surface area contributed by atoms with Crippen molar-refractivity contribution >= 4 is 27.5 Å². The molecule has 0 aromatic rings. The molecule has 0 saturated carbocycles. The first-order chi connectivity index (χ1) is 7.70. The summed E-state index contributed by atoms with van der Waals surface area (Å²) in [7, 11) is -1.81. The minimum Gasteiger partial charge on any atom is -0.369 e. The first-order valence-corrected chi connectivity index (χ1v) is 8.44. The Bertz CT molecular complexity index is 391. The molecule has 1 amide bonds. The maximum atomic E-state index is 12.2. The first kappa shape index (κ1) is 14.8. The molecule has 1 saturated heterocycles. The van der Waals surface area contributed by atoms with Crippen LogP contribution in [0.1, 0.15) is 13.8 Å². The fourth-order valence-corrected chi connectivity index (χ4v) is 4.42. The van der Waals surface area contributed by atoms with Gasteiger partial charge in [-0.05, 0) is 13.8 Å². The summed E-state index contributed by atoms with van der Waals surface area (Å²) >= 11 is 1.56. The summed E-state index contributed by atoms with van der Waals surface area (Å²) in [6.07, 6.45) is 1.17. The minimum atomic E-state index is -3.26. The molecule has 0 spiro atoms. The number of amides is 1. The Morgan fingerprint density at radius 2 is 2.06 bits per heavy atom. The second-order valence-electron chi connectivity index (χ2n) is 4.57. The number of methoxy groups -OCH3 is 1. The van der Waals surface area contributed by atoms with Crippen LogP contribution in [0, 0.1) is 0 Å². The lowest BCUT2D eigenvalue weighted by Crippen LogP contribution is -2.56. The molecule has 1 unspecified atom stereocenters. The third-order valence-corrected chi connectivity index (χ3v) is 5.51. The molecule has 0 bridgehead atoms. The summed E-state index contributed by atoms with van der Waals surface area (Å²) < 4.78 is 28.5. The highest BCUT2D eigenvalue weighted by Crippen LogP contribution is 2.24. The van der Waals surface area contributed by atoms with Crippen molar-refractivity contribution in [2.75, 3.05) is 31.4 Å². The summed E-state index contributed by atoms with van der Waals surface area (Å²) in [5, 5.41) is -0.733. The number of sulfone groups is 1. The van der Waals surface area contributed by atoms with Crippen LogP contribution in [0.5, 0.6) is 0 Å². The van der Waals surface area contributed by atoms with E-state index in [2.05, 4.69) is 0 Å². The number of rotatable bonds is 3. The van der Waals surface area contributed by atoms with Crippen molar-refractivity contribution in [3.8, 4) is 0 Å². The van der Waals surface area contributed by atoms with Gasteiger partial charge in [-0.15, -0.1) is 0 Å². The average molecular weight is 281 g/mol. The van der Waals surface area contributed by atoms with Crippen LogP contribution in [0.2, 0.25) is 0 Å². The van der Waals surface area contributed by atoms with E-state index in [1.807, 2.05) is 0 Å². The van der Waals surface area contributed by atoms with Crippen LogP contribution in [0.4, 0.5) is 0 Å². The molecular formula is C10H19NO4S2. The molecular weight excluding hydrogens is 262 g/mol. The fourth-order valence-electron chi connectivity index (χ4n) is 1.60. The smallest absolute Gasteiger partial charge is 0.255 e. The standard InChI is InChI=1S/C10H19NO4S2/c1-10(2,15-3)9(12)11-5-6-16-7-8(11)17(4,13)14/h8H,5-7H2,1-4H3. The molecule has 1 aliphatic heterocycles. The van der Waals surface area contributed by atoms with Gasteiger partial charge in [-0.3, -0.25) is 4.79 Å². The molecule has 5 nitrogen and oxygen atoms in total. The molecule has 7 heteroatoms. The second-order valence-corrected chi connectivity index (χ2v) is 7.93. The minimum absolute atomic E-state index is 0.268. The zero-order chi connectivity index (χ0) is 13.3. The number of carbonyl (C=O) groups excluding carboxylic acids is 1. The van der Waals surface area contributed by atoms with E-state index >= 15 is 0 Å². The molecule has 17 heavy (non-hydrogen) atoms. The van der Waals surface area contributed by atoms with Gasteiger partial charge in [0.15, 0.2) is 9.84 Å². The van der Waals surface area contributed by atoms with E-state index in [0.29, 0.717) is 12.3 Å². The fraction of sp³-hybridized carbons (Fsp3) is 0.900. The molecule has 0 aromatic heterocycles. The molecule has 0 N–H and O–H groups in total. The Morgan fingerprint density at radius 3 is 2.53 bits per heavy atom. The van der Waals surface area contributed by atoms with Gasteiger partial charge in [-0.25, -0.2) is 8.42 Å². The molecule has 1 aliphatic rings. The van der Waals surface area contributed by atoms with Crippen LogP contribution in [0.3, 0.4) is 0 Å². The Kier molecular flexibility index (Phi) is 4.49. The van der Waals surface area contributed by atoms with E-state index in [4.69, 9.17) is 4.74 Å². The lowest BCUT2D eigenvalue weighted by Gasteiger charge is -2.38. The van der Waals surface area contributed by atoms with Gasteiger partial charge >= 0.3 is 0 Å². The van der Waals surface area contributed by atoms with Gasteiger partial charge in [0.05, 0.1) is 0 Å². The first-order valence-electron chi connectivity index (χ1n) is 5.33. The number of nitrogens with zero attached hydrogens (tertiary/aromatic N) is 1. The Labute approximate surface area is 107 Å². The van der Waals surface area contributed by atoms with E-state index in [0.717, 1.165) is 5.75 Å². The van der Waals surface area contributed by atoms with Gasteiger partial charge in [0.1, 0.15) is 11.0 Å². The largest absolute Gasteiger partial charge is 0.369 e. The highest BCUT2D eigenvalue weighted by Gasteiger charge is 2.40. The molecule has 1 atom stereocenters. The number of carbonyl (C=O) groups is 1. The predicted molar refractivity (Wildman–Crippen MR) is 68.8 cm³/mol. The van der Waals surface area contributed by atoms with Crippen molar-refractivity contribution in [2.45, 2.75) is 24.8 Å². The monoisotopic (exact) mass is 281 g/mol. The van der Waals surface area contributed by atoms with Crippen LogP contribution in [0.25, 0.3) is 0 Å². The van der Waals surface area contributed by atoms with Gasteiger partial charge in [-0.2, -0.15) is 11.8 Å². The van der Waals surface area contributed by atoms with Crippen molar-refractivity contribution in [1.82, 2.24) is 4.90 Å². The average Bonchev–Trinajstić information content (AvgIpc) is 2.27. The summed E-state index contributed by atoms with van der Waals surface area (Å²) in [4.78, 5) is 13.7. The van der Waals surface area contributed by atoms with Gasteiger partial charge in [-0.1, -0.05) is 0 Å².